The Morgan fingerprint density at radius 1 is 1.09 bits per heavy atom. The van der Waals surface area contributed by atoms with Crippen molar-refractivity contribution in [2.75, 3.05) is 17.2 Å². The normalized spacial score (nSPS) is 10.5. The first kappa shape index (κ1) is 17.4. The van der Waals surface area contributed by atoms with Crippen LogP contribution >= 0.6 is 23.2 Å². The van der Waals surface area contributed by atoms with Crippen LogP contribution in [-0.4, -0.2) is 18.6 Å². The zero-order chi connectivity index (χ0) is 16.8. The van der Waals surface area contributed by atoms with Gasteiger partial charge < -0.3 is 15.4 Å². The van der Waals surface area contributed by atoms with Crippen molar-refractivity contribution in [3.63, 3.8) is 0 Å². The second-order valence-electron chi connectivity index (χ2n) is 5.23. The topological polar surface area (TPSA) is 50.4 Å². The van der Waals surface area contributed by atoms with Crippen LogP contribution in [0.15, 0.2) is 42.5 Å². The van der Waals surface area contributed by atoms with Crippen molar-refractivity contribution in [2.24, 2.45) is 0 Å². The Morgan fingerprint density at radius 2 is 1.87 bits per heavy atom. The van der Waals surface area contributed by atoms with Gasteiger partial charge in [-0.1, -0.05) is 29.3 Å². The molecule has 0 saturated heterocycles. The third kappa shape index (κ3) is 5.66. The highest BCUT2D eigenvalue weighted by molar-refractivity contribution is 6.42. The van der Waals surface area contributed by atoms with E-state index in [4.69, 9.17) is 27.9 Å². The Hall–Kier alpha value is -1.91. The summed E-state index contributed by atoms with van der Waals surface area (Å²) < 4.78 is 5.61. The smallest absolute Gasteiger partial charge is 0.243 e. The van der Waals surface area contributed by atoms with E-state index in [1.807, 2.05) is 38.1 Å². The molecule has 0 aromatic heterocycles. The summed E-state index contributed by atoms with van der Waals surface area (Å²) >= 11 is 11.8. The van der Waals surface area contributed by atoms with Crippen LogP contribution in [0.3, 0.4) is 0 Å². The van der Waals surface area contributed by atoms with E-state index in [1.54, 1.807) is 18.2 Å². The van der Waals surface area contributed by atoms with Crippen molar-refractivity contribution in [2.45, 2.75) is 20.0 Å². The number of ether oxygens (including phenoxy) is 1. The zero-order valence-corrected chi connectivity index (χ0v) is 14.4. The number of carbonyl (C=O) groups excluding carboxylic acids is 1. The lowest BCUT2D eigenvalue weighted by Gasteiger charge is -2.12. The largest absolute Gasteiger partial charge is 0.491 e. The van der Waals surface area contributed by atoms with Gasteiger partial charge >= 0.3 is 0 Å². The molecule has 0 unspecified atom stereocenters. The van der Waals surface area contributed by atoms with Gasteiger partial charge in [-0.3, -0.25) is 4.79 Å². The summed E-state index contributed by atoms with van der Waals surface area (Å²) in [5.41, 5.74) is 1.41. The van der Waals surface area contributed by atoms with Crippen molar-refractivity contribution in [3.8, 4) is 5.75 Å². The maximum Gasteiger partial charge on any atom is 0.243 e. The second-order valence-corrected chi connectivity index (χ2v) is 6.04. The molecule has 0 fully saturated rings. The maximum absolute atomic E-state index is 12.0. The molecule has 6 heteroatoms. The first-order chi connectivity index (χ1) is 10.9. The molecule has 0 aliphatic carbocycles. The third-order valence-electron chi connectivity index (χ3n) is 2.86. The highest BCUT2D eigenvalue weighted by Crippen LogP contribution is 2.25. The van der Waals surface area contributed by atoms with Crippen molar-refractivity contribution < 1.29 is 9.53 Å². The van der Waals surface area contributed by atoms with E-state index in [0.717, 1.165) is 11.4 Å². The van der Waals surface area contributed by atoms with Crippen molar-refractivity contribution >= 4 is 40.5 Å². The maximum atomic E-state index is 12.0. The molecule has 0 bridgehead atoms. The van der Waals surface area contributed by atoms with Crippen molar-refractivity contribution in [1.29, 1.82) is 0 Å². The van der Waals surface area contributed by atoms with Gasteiger partial charge in [0, 0.05) is 17.4 Å². The number of hydrogen-bond donors (Lipinski definition) is 2. The molecule has 4 nitrogen and oxygen atoms in total. The average Bonchev–Trinajstić information content (AvgIpc) is 2.49. The minimum Gasteiger partial charge on any atom is -0.491 e. The Morgan fingerprint density at radius 3 is 2.57 bits per heavy atom. The standard InChI is InChI=1S/C17H18Cl2N2O2/c1-11(2)23-14-5-3-4-12(8-14)20-10-17(22)21-13-6-7-15(18)16(19)9-13/h3-9,11,20H,10H2,1-2H3,(H,21,22). The molecule has 2 N–H and O–H groups in total. The lowest BCUT2D eigenvalue weighted by Crippen LogP contribution is -2.21. The van der Waals surface area contributed by atoms with Gasteiger partial charge in [-0.2, -0.15) is 0 Å². The number of carbonyl (C=O) groups is 1. The Balaban J connectivity index is 1.90. The molecule has 0 heterocycles. The van der Waals surface area contributed by atoms with E-state index in [2.05, 4.69) is 10.6 Å². The monoisotopic (exact) mass is 352 g/mol. The average molecular weight is 353 g/mol. The van der Waals surface area contributed by atoms with E-state index in [1.165, 1.54) is 0 Å². The number of halogens is 2. The SMILES string of the molecule is CC(C)Oc1cccc(NCC(=O)Nc2ccc(Cl)c(Cl)c2)c1. The van der Waals surface area contributed by atoms with Crippen LogP contribution in [0.25, 0.3) is 0 Å². The van der Waals surface area contributed by atoms with Gasteiger partial charge in [0.1, 0.15) is 5.75 Å². The van der Waals surface area contributed by atoms with Crippen LogP contribution in [0.1, 0.15) is 13.8 Å². The molecule has 0 atom stereocenters. The van der Waals surface area contributed by atoms with E-state index in [-0.39, 0.29) is 18.6 Å². The van der Waals surface area contributed by atoms with Gasteiger partial charge in [0.05, 0.1) is 22.7 Å². The summed E-state index contributed by atoms with van der Waals surface area (Å²) in [5.74, 6) is 0.577. The molecular formula is C17H18Cl2N2O2. The Kier molecular flexibility index (Phi) is 6.13. The highest BCUT2D eigenvalue weighted by Gasteiger charge is 2.05. The Bertz CT molecular complexity index is 690. The predicted octanol–water partition coefficient (Wildman–Crippen LogP) is 4.83. The second kappa shape index (κ2) is 8.09. The van der Waals surface area contributed by atoms with E-state index in [9.17, 15) is 4.79 Å². The van der Waals surface area contributed by atoms with E-state index in [0.29, 0.717) is 15.7 Å². The number of anilines is 2. The lowest BCUT2D eigenvalue weighted by atomic mass is 10.3. The molecule has 2 aromatic rings. The molecule has 0 saturated carbocycles. The molecule has 23 heavy (non-hydrogen) atoms. The molecule has 122 valence electrons. The minimum absolute atomic E-state index is 0.100. The molecule has 1 amide bonds. The number of hydrogen-bond acceptors (Lipinski definition) is 3. The zero-order valence-electron chi connectivity index (χ0n) is 12.9. The molecule has 0 aliphatic heterocycles. The minimum atomic E-state index is -0.182. The van der Waals surface area contributed by atoms with Crippen molar-refractivity contribution in [3.05, 3.63) is 52.5 Å². The molecule has 0 aliphatic rings. The summed E-state index contributed by atoms with van der Waals surface area (Å²) in [4.78, 5) is 12.0. The summed E-state index contributed by atoms with van der Waals surface area (Å²) in [5, 5.41) is 6.65. The summed E-state index contributed by atoms with van der Waals surface area (Å²) in [7, 11) is 0. The quantitative estimate of drug-likeness (QED) is 0.782. The van der Waals surface area contributed by atoms with Gasteiger partial charge in [-0.05, 0) is 44.2 Å². The fourth-order valence-corrected chi connectivity index (χ4v) is 2.21. The van der Waals surface area contributed by atoms with E-state index < -0.39 is 0 Å². The van der Waals surface area contributed by atoms with Crippen LogP contribution < -0.4 is 15.4 Å². The summed E-state index contributed by atoms with van der Waals surface area (Å²) in [6.07, 6.45) is 0.100. The van der Waals surface area contributed by atoms with Gasteiger partial charge in [0.2, 0.25) is 5.91 Å². The molecule has 2 aromatic carbocycles. The first-order valence-electron chi connectivity index (χ1n) is 7.19. The van der Waals surface area contributed by atoms with E-state index >= 15 is 0 Å². The molecule has 2 rings (SSSR count). The third-order valence-corrected chi connectivity index (χ3v) is 3.60. The number of benzene rings is 2. The summed E-state index contributed by atoms with van der Waals surface area (Å²) in [6, 6.07) is 12.4. The fraction of sp³-hybridized carbons (Fsp3) is 0.235. The highest BCUT2D eigenvalue weighted by atomic mass is 35.5. The Labute approximate surface area is 145 Å². The number of nitrogens with one attached hydrogen (secondary N) is 2. The van der Waals surface area contributed by atoms with Crippen LogP contribution in [0.2, 0.25) is 10.0 Å². The van der Waals surface area contributed by atoms with Crippen LogP contribution in [0.4, 0.5) is 11.4 Å². The summed E-state index contributed by atoms with van der Waals surface area (Å²) in [6.45, 7) is 4.06. The van der Waals surface area contributed by atoms with Gasteiger partial charge in [-0.25, -0.2) is 0 Å². The predicted molar refractivity (Wildman–Crippen MR) is 95.8 cm³/mol. The fourth-order valence-electron chi connectivity index (χ4n) is 1.91. The van der Waals surface area contributed by atoms with Gasteiger partial charge in [0.15, 0.2) is 0 Å². The van der Waals surface area contributed by atoms with Crippen LogP contribution in [0.5, 0.6) is 5.75 Å². The first-order valence-corrected chi connectivity index (χ1v) is 7.95. The molecular weight excluding hydrogens is 335 g/mol. The lowest BCUT2D eigenvalue weighted by molar-refractivity contribution is -0.114. The van der Waals surface area contributed by atoms with Crippen molar-refractivity contribution in [1.82, 2.24) is 0 Å². The van der Waals surface area contributed by atoms with Gasteiger partial charge in [-0.15, -0.1) is 0 Å². The molecule has 0 radical (unpaired) electrons. The van der Waals surface area contributed by atoms with Crippen LogP contribution in [0, 0.1) is 0 Å². The number of amides is 1. The number of rotatable bonds is 6. The van der Waals surface area contributed by atoms with Crippen LogP contribution in [-0.2, 0) is 4.79 Å². The van der Waals surface area contributed by atoms with Gasteiger partial charge in [0.25, 0.3) is 0 Å². The molecule has 0 spiro atoms.